The summed E-state index contributed by atoms with van der Waals surface area (Å²) in [5, 5.41) is 66.7. The number of nitrogens with two attached hydrogens (primary N) is 5. The van der Waals surface area contributed by atoms with Gasteiger partial charge in [-0.3, -0.25) is 91.1 Å². The average Bonchev–Trinajstić information content (AvgIpc) is 1.67. The lowest BCUT2D eigenvalue weighted by Gasteiger charge is -2.30. The number of primary amides is 3. The number of H-pyrrole nitrogens is 2. The molecule has 145 heavy (non-hydrogen) atoms. The van der Waals surface area contributed by atoms with E-state index in [0.717, 1.165) is 4.90 Å². The van der Waals surface area contributed by atoms with E-state index >= 15 is 14.4 Å². The molecule has 782 valence electrons. The molecule has 0 saturated carbocycles. The molecule has 1 aliphatic heterocycles. The molecule has 0 aliphatic carbocycles. The number of nitrogens with one attached hydrogen (secondary N) is 16. The second-order valence-electron chi connectivity index (χ2n) is 35.9. The maximum atomic E-state index is 15.3. The first-order valence-corrected chi connectivity index (χ1v) is 48.7. The highest BCUT2D eigenvalue weighted by Crippen LogP contribution is 2.25. The SMILES string of the molecule is CC[C@H](C)[C@H](NC(=O)[C@@H]1CCCN1C(=O)[C@H](CO)NC(=O)[C@H](CS)NC(=O)[C@H](Cc1ccccc1)NC(=O)[C@H](Cc1c[nH]c2ccccc12)NC(=O)[C@H](CCC(N)=O)NC(=O)[C@H](CC(N)=O)NC(=O)[C@H](CCCCN)NC(=O)[C@H](Cc1ccccc1)NC(=O)[C@H](CC(C)C)NC(=O)[C@H](CC(N)=O)NC(=O)[C@H](CS)NC(=O)[C@H](Cc1ccccc1)NC(=O)[C@H](Cc1c[nH]c2ccccc12)NC(=O)[C@@H](N)CC(=O)O)C(=O)O. The first-order valence-electron chi connectivity index (χ1n) is 47.5. The summed E-state index contributed by atoms with van der Waals surface area (Å²) in [6, 6.07) is 12.4. The van der Waals surface area contributed by atoms with Crippen molar-refractivity contribution in [2.24, 2.45) is 40.5 Å². The number of hydrogen-bond donors (Lipinski definition) is 26. The van der Waals surface area contributed by atoms with E-state index in [0.29, 0.717) is 62.5 Å². The Balaban J connectivity index is 1.000. The number of carboxylic acid groups (broad SMARTS) is 2. The number of carboxylic acids is 2. The monoisotopic (exact) mass is 2050 g/mol. The summed E-state index contributed by atoms with van der Waals surface area (Å²) in [6.07, 6.45) is -1.42. The number of aromatic nitrogens is 2. The van der Waals surface area contributed by atoms with Gasteiger partial charge in [0.2, 0.25) is 106 Å². The number of aliphatic carboxylic acids is 2. The molecule has 47 heteroatoms. The van der Waals surface area contributed by atoms with Gasteiger partial charge < -0.3 is 133 Å². The summed E-state index contributed by atoms with van der Waals surface area (Å²) in [5.74, 6) is -23.6. The van der Waals surface area contributed by atoms with Crippen molar-refractivity contribution in [1.29, 1.82) is 0 Å². The lowest BCUT2D eigenvalue weighted by molar-refractivity contribution is -0.146. The van der Waals surface area contributed by atoms with Crippen LogP contribution in [-0.2, 0) is 128 Å². The van der Waals surface area contributed by atoms with Crippen LogP contribution in [0.3, 0.4) is 0 Å². The van der Waals surface area contributed by atoms with Crippen molar-refractivity contribution >= 4 is 165 Å². The molecule has 7 aromatic rings. The Morgan fingerprint density at radius 1 is 0.407 bits per heavy atom. The number of hydrogen-bond acceptors (Lipinski definition) is 25. The van der Waals surface area contributed by atoms with Gasteiger partial charge in [0.25, 0.3) is 0 Å². The standard InChI is InChI=1S/C98H130N22O23S2/c1-5-53(4)82(98(142)143)119-96(140)77-33-21-37-120(77)97(141)74(49-121)116-95(139)76(51-145)118-89(133)69(41-56-26-13-8-14-27-56)112-91(135)71(43-58-48-105-63-31-18-16-29-60(58)63)113-85(129)65(34-35-78(101)122)107-92(136)72(45-79(102)123)114-84(128)64(32-19-20-36-99)106-87(131)67(39-54-22-9-6-10-23-54)110-86(130)66(38-52(2)3)109-93(137)73(46-80(103)124)115-94(138)75(50-144)117-88(132)68(40-55-24-11-7-12-25-55)111-90(134)70(108-83(127)61(100)44-81(125)126)42-57-47-104-62-30-17-15-28-59(57)62/h6-18,22-31,47-48,52-53,61,64-77,82,104-105,121,144-145H,5,19-21,32-46,49-51,99-100H2,1-4H3,(H2,101,122)(H2,102,123)(H2,103,124)(H,106,131)(H,107,136)(H,108,127)(H,109,137)(H,110,130)(H,111,134)(H,112,135)(H,113,129)(H,114,128)(H,115,138)(H,116,139)(H,117,132)(H,118,133)(H,119,140)(H,125,126)(H,142,143)/t53-,61-,64-,65-,66-,67-,68-,69-,70-,71-,72-,73-,74-,75-,76-,77-,82-/m0/s1. The molecule has 45 nitrogen and oxygen atoms in total. The van der Waals surface area contributed by atoms with Crippen LogP contribution in [0.25, 0.3) is 21.8 Å². The van der Waals surface area contributed by atoms with E-state index in [1.54, 1.807) is 180 Å². The predicted molar refractivity (Wildman–Crippen MR) is 537 cm³/mol. The third-order valence-corrected chi connectivity index (χ3v) is 25.0. The molecule has 2 aromatic heterocycles. The Morgan fingerprint density at radius 2 is 0.752 bits per heavy atom. The maximum absolute atomic E-state index is 15.3. The second kappa shape index (κ2) is 57.5. The summed E-state index contributed by atoms with van der Waals surface area (Å²) in [6.45, 7) is 5.80. The molecular formula is C98H130N22O23S2. The zero-order valence-corrected chi connectivity index (χ0v) is 82.4. The molecule has 1 saturated heterocycles. The summed E-state index contributed by atoms with van der Waals surface area (Å²) in [5.41, 5.74) is 32.6. The second-order valence-corrected chi connectivity index (χ2v) is 36.6. The number of thiol groups is 2. The van der Waals surface area contributed by atoms with Crippen molar-refractivity contribution < 1.29 is 111 Å². The summed E-state index contributed by atoms with van der Waals surface area (Å²) < 4.78 is 0. The van der Waals surface area contributed by atoms with Crippen LogP contribution in [0, 0.1) is 11.8 Å². The molecule has 0 spiro atoms. The van der Waals surface area contributed by atoms with E-state index in [1.165, 1.54) is 0 Å². The minimum Gasteiger partial charge on any atom is -0.481 e. The van der Waals surface area contributed by atoms with Gasteiger partial charge in [-0.2, -0.15) is 25.3 Å². The van der Waals surface area contributed by atoms with Crippen molar-refractivity contribution in [3.63, 3.8) is 0 Å². The first kappa shape index (κ1) is 115. The van der Waals surface area contributed by atoms with E-state index in [1.807, 2.05) is 0 Å². The van der Waals surface area contributed by atoms with Gasteiger partial charge in [-0.15, -0.1) is 0 Å². The first-order chi connectivity index (χ1) is 69.1. The topological polar surface area (TPSA) is 735 Å². The summed E-state index contributed by atoms with van der Waals surface area (Å²) in [4.78, 5) is 289. The van der Waals surface area contributed by atoms with Crippen molar-refractivity contribution in [2.75, 3.05) is 31.2 Å². The molecule has 3 heterocycles. The van der Waals surface area contributed by atoms with Gasteiger partial charge in [-0.1, -0.05) is 162 Å². The minimum absolute atomic E-state index is 0.000895. The van der Waals surface area contributed by atoms with E-state index in [-0.39, 0.29) is 77.3 Å². The summed E-state index contributed by atoms with van der Waals surface area (Å²) in [7, 11) is 0. The van der Waals surface area contributed by atoms with Crippen LogP contribution in [0.15, 0.2) is 152 Å². The van der Waals surface area contributed by atoms with Crippen LogP contribution in [0.1, 0.15) is 133 Å². The smallest absolute Gasteiger partial charge is 0.326 e. The van der Waals surface area contributed by atoms with E-state index in [9.17, 15) is 96.8 Å². The van der Waals surface area contributed by atoms with Gasteiger partial charge in [-0.05, 0) is 103 Å². The zero-order valence-electron chi connectivity index (χ0n) is 80.6. The molecule has 0 radical (unpaired) electrons. The number of aliphatic hydroxyl groups is 1. The lowest BCUT2D eigenvalue weighted by atomic mass is 9.98. The van der Waals surface area contributed by atoms with Crippen LogP contribution in [0.2, 0.25) is 0 Å². The van der Waals surface area contributed by atoms with E-state index in [2.05, 4.69) is 110 Å². The molecule has 8 rings (SSSR count). The number of rotatable bonds is 60. The molecule has 17 atom stereocenters. The van der Waals surface area contributed by atoms with Crippen molar-refractivity contribution in [3.8, 4) is 0 Å². The maximum Gasteiger partial charge on any atom is 0.326 e. The van der Waals surface area contributed by atoms with Gasteiger partial charge in [0.1, 0.15) is 90.6 Å². The molecular weight excluding hydrogens is 1920 g/mol. The molecule has 1 aliphatic rings. The number of unbranched alkanes of at least 4 members (excludes halogenated alkanes) is 1. The Morgan fingerprint density at radius 3 is 1.13 bits per heavy atom. The normalized spacial score (nSPS) is 15.6. The Hall–Kier alpha value is -14.8. The third-order valence-electron chi connectivity index (χ3n) is 24.3. The highest BCUT2D eigenvalue weighted by molar-refractivity contribution is 7.80. The molecule has 18 amide bonds. The van der Waals surface area contributed by atoms with Crippen molar-refractivity contribution in [3.05, 3.63) is 180 Å². The number of aliphatic hydroxyl groups excluding tert-OH is 1. The number of aromatic amines is 2. The Labute approximate surface area is 846 Å². The Kier molecular flexibility index (Phi) is 45.7. The van der Waals surface area contributed by atoms with E-state index in [4.69, 9.17) is 28.7 Å². The van der Waals surface area contributed by atoms with Crippen molar-refractivity contribution in [1.82, 2.24) is 89.3 Å². The zero-order chi connectivity index (χ0) is 106. The molecule has 0 unspecified atom stereocenters. The van der Waals surface area contributed by atoms with Crippen LogP contribution in [0.5, 0.6) is 0 Å². The molecule has 29 N–H and O–H groups in total. The van der Waals surface area contributed by atoms with Crippen LogP contribution < -0.4 is 103 Å². The summed E-state index contributed by atoms with van der Waals surface area (Å²) >= 11 is 8.66. The third kappa shape index (κ3) is 35.9. The Bertz CT molecular complexity index is 5700. The quantitative estimate of drug-likeness (QED) is 0.0133. The number of benzene rings is 5. The van der Waals surface area contributed by atoms with Gasteiger partial charge in [-0.25, -0.2) is 4.79 Å². The average molecular weight is 2050 g/mol. The highest BCUT2D eigenvalue weighted by Gasteiger charge is 2.43. The number of carbonyl (C=O) groups is 20. The van der Waals surface area contributed by atoms with Crippen molar-refractivity contribution in [2.45, 2.75) is 234 Å². The van der Waals surface area contributed by atoms with Crippen LogP contribution in [0.4, 0.5) is 0 Å². The van der Waals surface area contributed by atoms with Crippen LogP contribution >= 0.6 is 25.3 Å². The largest absolute Gasteiger partial charge is 0.481 e. The van der Waals surface area contributed by atoms with Crippen LogP contribution in [-0.4, -0.2) is 276 Å². The predicted octanol–water partition coefficient (Wildman–Crippen LogP) is -3.08. The number of para-hydroxylation sites is 2. The van der Waals surface area contributed by atoms with Gasteiger partial charge in [0.05, 0.1) is 31.9 Å². The molecule has 1 fully saturated rings. The fraction of sp³-hybridized carbons (Fsp3) is 0.449. The van der Waals surface area contributed by atoms with Gasteiger partial charge in [0.15, 0.2) is 0 Å². The number of fused-ring (bicyclic) bond motifs is 2. The number of likely N-dealkylation sites (tertiary alicyclic amines) is 1. The van der Waals surface area contributed by atoms with E-state index < -0.39 is 277 Å². The highest BCUT2D eigenvalue weighted by atomic mass is 32.1. The molecule has 5 aromatic carbocycles. The van der Waals surface area contributed by atoms with Gasteiger partial charge in [0, 0.05) is 90.8 Å². The fourth-order valence-corrected chi connectivity index (χ4v) is 16.8. The number of carbonyl (C=O) groups excluding carboxylic acids is 18. The van der Waals surface area contributed by atoms with Gasteiger partial charge >= 0.3 is 11.9 Å². The fourth-order valence-electron chi connectivity index (χ4n) is 16.3. The number of nitrogens with zero attached hydrogens (tertiary/aromatic N) is 1. The number of amides is 18. The molecule has 0 bridgehead atoms. The lowest BCUT2D eigenvalue weighted by Crippen LogP contribution is -2.62. The minimum atomic E-state index is -2.01.